The number of benzene rings is 1. The number of aliphatic imine (C=N–C) groups is 1. The molecule has 0 amide bonds. The Balaban J connectivity index is 1.94. The van der Waals surface area contributed by atoms with E-state index in [-0.39, 0.29) is 17.7 Å². The molecule has 2 aliphatic heterocycles. The summed E-state index contributed by atoms with van der Waals surface area (Å²) in [4.78, 5) is 4.71. The fourth-order valence-corrected chi connectivity index (χ4v) is 3.24. The molecule has 1 fully saturated rings. The van der Waals surface area contributed by atoms with Crippen molar-refractivity contribution in [3.63, 3.8) is 0 Å². The Morgan fingerprint density at radius 3 is 3.05 bits per heavy atom. The van der Waals surface area contributed by atoms with Crippen molar-refractivity contribution < 1.29 is 9.47 Å². The normalized spacial score (nSPS) is 26.6. The molecular weight excluding hydrogens is 254 g/mol. The Bertz CT molecular complexity index is 717. The molecule has 5 heteroatoms. The summed E-state index contributed by atoms with van der Waals surface area (Å²) in [6.45, 7) is 4.83. The monoisotopic (exact) mass is 271 g/mol. The van der Waals surface area contributed by atoms with Gasteiger partial charge in [-0.25, -0.2) is 0 Å². The zero-order valence-electron chi connectivity index (χ0n) is 11.8. The molecule has 3 heterocycles. The molecule has 0 spiro atoms. The fraction of sp³-hybridized carbons (Fsp3) is 0.467. The number of nitrogens with zero attached hydrogens (tertiary/aromatic N) is 3. The summed E-state index contributed by atoms with van der Waals surface area (Å²) in [5.41, 5.74) is 1.70. The number of hydrogen-bond acceptors (Lipinski definition) is 4. The first-order valence-electron chi connectivity index (χ1n) is 6.84. The maximum atomic E-state index is 5.89. The largest absolute Gasteiger partial charge is 0.494 e. The Labute approximate surface area is 117 Å². The van der Waals surface area contributed by atoms with Crippen molar-refractivity contribution in [3.05, 3.63) is 23.9 Å². The maximum absolute atomic E-state index is 5.89. The van der Waals surface area contributed by atoms with Gasteiger partial charge in [0.1, 0.15) is 23.3 Å². The van der Waals surface area contributed by atoms with Crippen LogP contribution in [0.15, 0.2) is 23.2 Å². The van der Waals surface area contributed by atoms with Gasteiger partial charge in [-0.2, -0.15) is 5.10 Å². The van der Waals surface area contributed by atoms with Gasteiger partial charge in [0.15, 0.2) is 0 Å². The molecule has 0 saturated carbocycles. The lowest BCUT2D eigenvalue weighted by Gasteiger charge is -2.28. The van der Waals surface area contributed by atoms with Gasteiger partial charge in [-0.15, -0.1) is 0 Å². The molecule has 2 atom stereocenters. The van der Waals surface area contributed by atoms with Gasteiger partial charge < -0.3 is 9.47 Å². The van der Waals surface area contributed by atoms with E-state index >= 15 is 0 Å². The highest BCUT2D eigenvalue weighted by Crippen LogP contribution is 2.40. The highest BCUT2D eigenvalue weighted by atomic mass is 16.5. The number of aromatic nitrogens is 2. The van der Waals surface area contributed by atoms with E-state index < -0.39 is 0 Å². The van der Waals surface area contributed by atoms with E-state index in [9.17, 15) is 0 Å². The van der Waals surface area contributed by atoms with Crippen LogP contribution in [-0.4, -0.2) is 41.4 Å². The van der Waals surface area contributed by atoms with Gasteiger partial charge in [-0.1, -0.05) is 12.1 Å². The fourth-order valence-electron chi connectivity index (χ4n) is 3.24. The second-order valence-electron chi connectivity index (χ2n) is 5.89. The average molecular weight is 271 g/mol. The molecule has 5 nitrogen and oxygen atoms in total. The van der Waals surface area contributed by atoms with Crippen molar-refractivity contribution in [3.8, 4) is 5.75 Å². The van der Waals surface area contributed by atoms with Gasteiger partial charge in [-0.05, 0) is 19.9 Å². The van der Waals surface area contributed by atoms with Crippen molar-refractivity contribution in [2.24, 2.45) is 4.99 Å². The summed E-state index contributed by atoms with van der Waals surface area (Å²) in [6.07, 6.45) is 1.92. The number of methoxy groups -OCH3 is 1. The van der Waals surface area contributed by atoms with Gasteiger partial charge in [0.2, 0.25) is 0 Å². The van der Waals surface area contributed by atoms with Crippen LogP contribution in [0, 0.1) is 0 Å². The van der Waals surface area contributed by atoms with E-state index in [1.165, 1.54) is 0 Å². The average Bonchev–Trinajstić information content (AvgIpc) is 2.96. The molecule has 1 aromatic carbocycles. The van der Waals surface area contributed by atoms with Crippen LogP contribution >= 0.6 is 0 Å². The SMILES string of the molecule is COc1cccc2c3n(nc12)C1COC(C)(C)C1N=C3. The van der Waals surface area contributed by atoms with Crippen LogP contribution < -0.4 is 4.74 Å². The van der Waals surface area contributed by atoms with E-state index in [1.807, 2.05) is 18.3 Å². The molecule has 20 heavy (non-hydrogen) atoms. The molecule has 2 aliphatic rings. The maximum Gasteiger partial charge on any atom is 0.146 e. The molecule has 0 N–H and O–H groups in total. The quantitative estimate of drug-likeness (QED) is 0.799. The first-order chi connectivity index (χ1) is 9.62. The van der Waals surface area contributed by atoms with Gasteiger partial charge in [-0.3, -0.25) is 9.67 Å². The van der Waals surface area contributed by atoms with Gasteiger partial charge in [0.25, 0.3) is 0 Å². The predicted octanol–water partition coefficient (Wildman–Crippen LogP) is 2.20. The van der Waals surface area contributed by atoms with Gasteiger partial charge >= 0.3 is 0 Å². The van der Waals surface area contributed by atoms with E-state index in [0.717, 1.165) is 22.3 Å². The minimum absolute atomic E-state index is 0.121. The zero-order valence-corrected chi connectivity index (χ0v) is 11.8. The molecule has 1 saturated heterocycles. The van der Waals surface area contributed by atoms with E-state index in [1.54, 1.807) is 7.11 Å². The van der Waals surface area contributed by atoms with Crippen molar-refractivity contribution in [1.29, 1.82) is 0 Å². The van der Waals surface area contributed by atoms with Crippen molar-refractivity contribution >= 4 is 17.1 Å². The van der Waals surface area contributed by atoms with Crippen LogP contribution in [0.5, 0.6) is 5.75 Å². The molecule has 0 radical (unpaired) electrons. The topological polar surface area (TPSA) is 48.6 Å². The van der Waals surface area contributed by atoms with E-state index in [2.05, 4.69) is 24.6 Å². The summed E-state index contributed by atoms with van der Waals surface area (Å²) in [5.74, 6) is 0.799. The van der Waals surface area contributed by atoms with Crippen molar-refractivity contribution in [1.82, 2.24) is 9.78 Å². The summed E-state index contributed by atoms with van der Waals surface area (Å²) in [6, 6.07) is 6.27. The molecule has 2 unspecified atom stereocenters. The molecule has 4 rings (SSSR count). The molecular formula is C15H17N3O2. The first-order valence-corrected chi connectivity index (χ1v) is 6.84. The first kappa shape index (κ1) is 11.9. The Hall–Kier alpha value is -1.88. The third kappa shape index (κ3) is 1.41. The lowest BCUT2D eigenvalue weighted by Crippen LogP contribution is -2.37. The lowest BCUT2D eigenvalue weighted by atomic mass is 9.95. The number of fused-ring (bicyclic) bond motifs is 5. The lowest BCUT2D eigenvalue weighted by molar-refractivity contribution is 0.0282. The highest BCUT2D eigenvalue weighted by molar-refractivity contribution is 6.00. The third-order valence-corrected chi connectivity index (χ3v) is 4.32. The molecule has 0 aliphatic carbocycles. The van der Waals surface area contributed by atoms with E-state index in [4.69, 9.17) is 19.6 Å². The summed E-state index contributed by atoms with van der Waals surface area (Å²) in [7, 11) is 1.67. The number of ether oxygens (including phenoxy) is 2. The van der Waals surface area contributed by atoms with Crippen LogP contribution in [-0.2, 0) is 4.74 Å². The predicted molar refractivity (Wildman–Crippen MR) is 76.7 cm³/mol. The Kier molecular flexibility index (Phi) is 2.27. The second kappa shape index (κ2) is 3.82. The zero-order chi connectivity index (χ0) is 13.9. The van der Waals surface area contributed by atoms with Crippen LogP contribution in [0.4, 0.5) is 0 Å². The molecule has 1 aromatic heterocycles. The molecule has 104 valence electrons. The summed E-state index contributed by atoms with van der Waals surface area (Å²) >= 11 is 0. The van der Waals surface area contributed by atoms with Crippen LogP contribution in [0.25, 0.3) is 10.9 Å². The summed E-state index contributed by atoms with van der Waals surface area (Å²) in [5, 5.41) is 5.83. The standard InChI is InChI=1S/C15H17N3O2/c1-15(2)14-11(8-20-15)18-10(7-16-14)9-5-4-6-12(19-3)13(9)17-18/h4-7,11,14H,8H2,1-3H3. The van der Waals surface area contributed by atoms with Crippen LogP contribution in [0.3, 0.4) is 0 Å². The third-order valence-electron chi connectivity index (χ3n) is 4.32. The number of rotatable bonds is 1. The molecule has 0 bridgehead atoms. The Morgan fingerprint density at radius 2 is 2.25 bits per heavy atom. The van der Waals surface area contributed by atoms with Gasteiger partial charge in [0, 0.05) is 11.6 Å². The minimum Gasteiger partial charge on any atom is -0.494 e. The summed E-state index contributed by atoms with van der Waals surface area (Å²) < 4.78 is 13.4. The second-order valence-corrected chi connectivity index (χ2v) is 5.89. The minimum atomic E-state index is -0.235. The van der Waals surface area contributed by atoms with Crippen molar-refractivity contribution in [2.45, 2.75) is 31.5 Å². The highest BCUT2D eigenvalue weighted by Gasteiger charge is 2.46. The smallest absolute Gasteiger partial charge is 0.146 e. The Morgan fingerprint density at radius 1 is 1.40 bits per heavy atom. The molecule has 2 aromatic rings. The number of hydrogen-bond donors (Lipinski definition) is 0. The van der Waals surface area contributed by atoms with Gasteiger partial charge in [0.05, 0.1) is 25.0 Å². The van der Waals surface area contributed by atoms with Crippen LogP contribution in [0.1, 0.15) is 25.6 Å². The van der Waals surface area contributed by atoms with E-state index in [0.29, 0.717) is 6.61 Å². The van der Waals surface area contributed by atoms with Crippen molar-refractivity contribution in [2.75, 3.05) is 13.7 Å². The van der Waals surface area contributed by atoms with Crippen LogP contribution in [0.2, 0.25) is 0 Å².